The highest BCUT2D eigenvalue weighted by molar-refractivity contribution is 9.10. The van der Waals surface area contributed by atoms with Gasteiger partial charge in [-0.1, -0.05) is 29.8 Å². The van der Waals surface area contributed by atoms with Gasteiger partial charge in [-0.15, -0.1) is 11.8 Å². The number of aromatic nitrogens is 2. The van der Waals surface area contributed by atoms with E-state index in [9.17, 15) is 0 Å². The topological polar surface area (TPSA) is 29.3 Å². The molecular formula is C21H18BrN3S. The van der Waals surface area contributed by atoms with Gasteiger partial charge in [0.15, 0.2) is 0 Å². The quantitative estimate of drug-likeness (QED) is 0.377. The molecule has 3 nitrogen and oxygen atoms in total. The molecule has 0 radical (unpaired) electrons. The summed E-state index contributed by atoms with van der Waals surface area (Å²) < 4.78 is 3.10. The minimum atomic E-state index is 0.909. The number of thioether (sulfide) groups is 1. The summed E-state index contributed by atoms with van der Waals surface area (Å²) in [6.07, 6.45) is 4.13. The van der Waals surface area contributed by atoms with Crippen LogP contribution in [0.15, 0.2) is 76.2 Å². The number of benzene rings is 2. The molecular weight excluding hydrogens is 406 g/mol. The number of fused-ring (bicyclic) bond motifs is 1. The Morgan fingerprint density at radius 1 is 0.962 bits per heavy atom. The van der Waals surface area contributed by atoms with E-state index in [4.69, 9.17) is 4.98 Å². The molecule has 0 aliphatic carbocycles. The fourth-order valence-corrected chi connectivity index (χ4v) is 3.61. The average molecular weight is 424 g/mol. The van der Waals surface area contributed by atoms with E-state index in [1.54, 1.807) is 11.8 Å². The highest BCUT2D eigenvalue weighted by Gasteiger charge is 2.15. The molecule has 2 heterocycles. The molecule has 1 N–H and O–H groups in total. The molecule has 0 saturated carbocycles. The summed E-state index contributed by atoms with van der Waals surface area (Å²) in [6.45, 7) is 2.09. The van der Waals surface area contributed by atoms with Gasteiger partial charge in [0.25, 0.3) is 0 Å². The Balaban J connectivity index is 1.86. The minimum Gasteiger partial charge on any atom is -0.339 e. The molecule has 0 aliphatic heterocycles. The normalized spacial score (nSPS) is 11.0. The predicted octanol–water partition coefficient (Wildman–Crippen LogP) is 6.54. The van der Waals surface area contributed by atoms with Gasteiger partial charge in [0.2, 0.25) is 0 Å². The van der Waals surface area contributed by atoms with Crippen LogP contribution in [0.4, 0.5) is 11.5 Å². The van der Waals surface area contributed by atoms with E-state index >= 15 is 0 Å². The third-order valence-corrected chi connectivity index (χ3v) is 5.47. The number of anilines is 2. The molecule has 0 amide bonds. The van der Waals surface area contributed by atoms with Crippen LogP contribution in [-0.4, -0.2) is 15.6 Å². The summed E-state index contributed by atoms with van der Waals surface area (Å²) in [5, 5.41) is 3.55. The first-order chi connectivity index (χ1) is 12.6. The van der Waals surface area contributed by atoms with E-state index < -0.39 is 0 Å². The van der Waals surface area contributed by atoms with Gasteiger partial charge in [-0.05, 0) is 65.5 Å². The third kappa shape index (κ3) is 3.37. The van der Waals surface area contributed by atoms with Crippen LogP contribution in [-0.2, 0) is 0 Å². The van der Waals surface area contributed by atoms with E-state index in [2.05, 4.69) is 87.4 Å². The van der Waals surface area contributed by atoms with Crippen molar-refractivity contribution in [3.63, 3.8) is 0 Å². The van der Waals surface area contributed by atoms with Crippen molar-refractivity contribution in [2.24, 2.45) is 0 Å². The standard InChI is InChI=1S/C21H18BrN3S/c1-14-3-8-17(9-4-14)23-21-20(15-5-10-18(26-2)11-6-15)24-19-12-7-16(22)13-25(19)21/h3-13,23H,1-2H3. The number of imidazole rings is 1. The van der Waals surface area contributed by atoms with Crippen molar-refractivity contribution in [1.29, 1.82) is 0 Å². The predicted molar refractivity (Wildman–Crippen MR) is 115 cm³/mol. The summed E-state index contributed by atoms with van der Waals surface area (Å²) in [4.78, 5) is 6.11. The van der Waals surface area contributed by atoms with Crippen LogP contribution < -0.4 is 5.32 Å². The maximum atomic E-state index is 4.87. The van der Waals surface area contributed by atoms with Crippen LogP contribution in [0, 0.1) is 6.92 Å². The third-order valence-electron chi connectivity index (χ3n) is 4.26. The van der Waals surface area contributed by atoms with Gasteiger partial charge in [0.1, 0.15) is 17.2 Å². The Morgan fingerprint density at radius 3 is 2.38 bits per heavy atom. The van der Waals surface area contributed by atoms with Crippen LogP contribution in [0.1, 0.15) is 5.56 Å². The minimum absolute atomic E-state index is 0.909. The molecule has 26 heavy (non-hydrogen) atoms. The maximum absolute atomic E-state index is 4.87. The lowest BCUT2D eigenvalue weighted by Gasteiger charge is -2.10. The van der Waals surface area contributed by atoms with Gasteiger partial charge in [0, 0.05) is 26.8 Å². The van der Waals surface area contributed by atoms with Gasteiger partial charge in [0.05, 0.1) is 0 Å². The second kappa shape index (κ2) is 7.17. The number of hydrogen-bond donors (Lipinski definition) is 1. The average Bonchev–Trinajstić information content (AvgIpc) is 3.01. The number of halogens is 1. The molecule has 0 spiro atoms. The van der Waals surface area contributed by atoms with Crippen LogP contribution in [0.25, 0.3) is 16.9 Å². The van der Waals surface area contributed by atoms with Crippen molar-refractivity contribution in [3.05, 3.63) is 76.9 Å². The summed E-state index contributed by atoms with van der Waals surface area (Å²) in [7, 11) is 0. The van der Waals surface area contributed by atoms with Crippen LogP contribution in [0.3, 0.4) is 0 Å². The maximum Gasteiger partial charge on any atom is 0.143 e. The first kappa shape index (κ1) is 17.2. The monoisotopic (exact) mass is 423 g/mol. The SMILES string of the molecule is CSc1ccc(-c2nc3ccc(Br)cn3c2Nc2ccc(C)cc2)cc1. The molecule has 0 aliphatic rings. The lowest BCUT2D eigenvalue weighted by Crippen LogP contribution is -1.97. The molecule has 130 valence electrons. The van der Waals surface area contributed by atoms with Crippen molar-refractivity contribution in [1.82, 2.24) is 9.38 Å². The first-order valence-electron chi connectivity index (χ1n) is 8.30. The van der Waals surface area contributed by atoms with E-state index in [0.29, 0.717) is 0 Å². The Labute approximate surface area is 165 Å². The van der Waals surface area contributed by atoms with Gasteiger partial charge < -0.3 is 5.32 Å². The second-order valence-corrected chi connectivity index (χ2v) is 7.90. The Bertz CT molecular complexity index is 1050. The molecule has 2 aromatic heterocycles. The van der Waals surface area contributed by atoms with E-state index in [1.165, 1.54) is 10.5 Å². The van der Waals surface area contributed by atoms with E-state index in [1.807, 2.05) is 18.3 Å². The van der Waals surface area contributed by atoms with Crippen LogP contribution >= 0.6 is 27.7 Å². The molecule has 0 saturated heterocycles. The van der Waals surface area contributed by atoms with Gasteiger partial charge in [-0.2, -0.15) is 0 Å². The highest BCUT2D eigenvalue weighted by atomic mass is 79.9. The Hall–Kier alpha value is -2.24. The lowest BCUT2D eigenvalue weighted by atomic mass is 10.1. The summed E-state index contributed by atoms with van der Waals surface area (Å²) in [6, 6.07) is 20.9. The Kier molecular flexibility index (Phi) is 4.74. The number of aryl methyl sites for hydroxylation is 1. The summed E-state index contributed by atoms with van der Waals surface area (Å²) in [5.74, 6) is 0.960. The smallest absolute Gasteiger partial charge is 0.143 e. The van der Waals surface area contributed by atoms with Crippen molar-refractivity contribution in [2.45, 2.75) is 11.8 Å². The van der Waals surface area contributed by atoms with Crippen molar-refractivity contribution in [2.75, 3.05) is 11.6 Å². The number of rotatable bonds is 4. The molecule has 4 aromatic rings. The van der Waals surface area contributed by atoms with Crippen molar-refractivity contribution >= 4 is 44.8 Å². The summed E-state index contributed by atoms with van der Waals surface area (Å²) >= 11 is 5.31. The molecule has 0 fully saturated rings. The zero-order valence-electron chi connectivity index (χ0n) is 14.5. The molecule has 0 unspecified atom stereocenters. The highest BCUT2D eigenvalue weighted by Crippen LogP contribution is 2.33. The van der Waals surface area contributed by atoms with Crippen LogP contribution in [0.2, 0.25) is 0 Å². The number of hydrogen-bond acceptors (Lipinski definition) is 3. The molecule has 5 heteroatoms. The van der Waals surface area contributed by atoms with Gasteiger partial charge in [-0.3, -0.25) is 4.40 Å². The molecule has 2 aromatic carbocycles. The van der Waals surface area contributed by atoms with E-state index in [-0.39, 0.29) is 0 Å². The second-order valence-electron chi connectivity index (χ2n) is 6.10. The fourth-order valence-electron chi connectivity index (χ4n) is 2.86. The molecule has 4 rings (SSSR count). The molecule has 0 atom stereocenters. The lowest BCUT2D eigenvalue weighted by molar-refractivity contribution is 1.17. The fraction of sp³-hybridized carbons (Fsp3) is 0.0952. The van der Waals surface area contributed by atoms with Gasteiger partial charge >= 0.3 is 0 Å². The number of nitrogens with one attached hydrogen (secondary N) is 1. The molecule has 0 bridgehead atoms. The van der Waals surface area contributed by atoms with Crippen molar-refractivity contribution in [3.8, 4) is 11.3 Å². The number of pyridine rings is 1. The first-order valence-corrected chi connectivity index (χ1v) is 10.3. The Morgan fingerprint density at radius 2 is 1.69 bits per heavy atom. The van der Waals surface area contributed by atoms with E-state index in [0.717, 1.165) is 32.9 Å². The zero-order chi connectivity index (χ0) is 18.1. The van der Waals surface area contributed by atoms with Gasteiger partial charge in [-0.25, -0.2) is 4.98 Å². The number of nitrogens with zero attached hydrogens (tertiary/aromatic N) is 2. The zero-order valence-corrected chi connectivity index (χ0v) is 16.9. The van der Waals surface area contributed by atoms with Crippen molar-refractivity contribution < 1.29 is 0 Å². The summed E-state index contributed by atoms with van der Waals surface area (Å²) in [5.41, 5.74) is 5.23. The largest absolute Gasteiger partial charge is 0.339 e. The van der Waals surface area contributed by atoms with Crippen LogP contribution in [0.5, 0.6) is 0 Å².